The maximum absolute atomic E-state index is 3.63. The lowest BCUT2D eigenvalue weighted by molar-refractivity contribution is 0.288. The van der Waals surface area contributed by atoms with E-state index in [2.05, 4.69) is 37.5 Å². The number of nitrogens with one attached hydrogen (secondary N) is 2. The average molecular weight is 266 g/mol. The van der Waals surface area contributed by atoms with Gasteiger partial charge in [0.15, 0.2) is 0 Å². The summed E-state index contributed by atoms with van der Waals surface area (Å²) in [5, 5.41) is 7.23. The van der Waals surface area contributed by atoms with Crippen molar-refractivity contribution in [3.05, 3.63) is 21.4 Å². The fourth-order valence-corrected chi connectivity index (χ4v) is 3.75. The molecule has 1 aliphatic rings. The second-order valence-corrected chi connectivity index (χ2v) is 6.87. The van der Waals surface area contributed by atoms with Crippen LogP contribution in [0.15, 0.2) is 6.07 Å². The number of aryl methyl sites for hydroxylation is 2. The first-order valence-corrected chi connectivity index (χ1v) is 8.00. The molecule has 2 nitrogen and oxygen atoms in total. The van der Waals surface area contributed by atoms with Crippen LogP contribution < -0.4 is 10.6 Å². The van der Waals surface area contributed by atoms with Crippen molar-refractivity contribution in [3.8, 4) is 0 Å². The zero-order valence-electron chi connectivity index (χ0n) is 11.9. The normalized spacial score (nSPS) is 24.4. The summed E-state index contributed by atoms with van der Waals surface area (Å²) in [6.07, 6.45) is 4.03. The molecule has 3 heteroatoms. The van der Waals surface area contributed by atoms with E-state index in [1.54, 1.807) is 0 Å². The summed E-state index contributed by atoms with van der Waals surface area (Å²) in [5.41, 5.74) is 1.43. The van der Waals surface area contributed by atoms with Crippen molar-refractivity contribution in [2.45, 2.75) is 52.6 Å². The molecule has 1 saturated heterocycles. The van der Waals surface area contributed by atoms with Crippen LogP contribution in [0.3, 0.4) is 0 Å². The third-order valence-electron chi connectivity index (χ3n) is 4.09. The molecule has 0 saturated carbocycles. The van der Waals surface area contributed by atoms with Gasteiger partial charge in [0.2, 0.25) is 0 Å². The fraction of sp³-hybridized carbons (Fsp3) is 0.733. The molecule has 1 aliphatic heterocycles. The number of thiophene rings is 1. The van der Waals surface area contributed by atoms with Gasteiger partial charge in [-0.2, -0.15) is 0 Å². The van der Waals surface area contributed by atoms with Gasteiger partial charge in [-0.15, -0.1) is 11.3 Å². The van der Waals surface area contributed by atoms with Crippen LogP contribution in [0.4, 0.5) is 0 Å². The van der Waals surface area contributed by atoms with Gasteiger partial charge >= 0.3 is 0 Å². The van der Waals surface area contributed by atoms with Crippen LogP contribution in [0.25, 0.3) is 0 Å². The van der Waals surface area contributed by atoms with Crippen LogP contribution in [-0.2, 0) is 6.54 Å². The number of piperidine rings is 1. The highest BCUT2D eigenvalue weighted by Crippen LogP contribution is 2.21. The molecule has 1 aromatic rings. The molecule has 0 radical (unpaired) electrons. The third kappa shape index (κ3) is 3.81. The lowest BCUT2D eigenvalue weighted by Gasteiger charge is -2.29. The SMILES string of the molecule is CCC1CCNC(CNCc2cc(C)c(C)s2)C1. The Hall–Kier alpha value is -0.380. The van der Waals surface area contributed by atoms with E-state index in [0.29, 0.717) is 6.04 Å². The van der Waals surface area contributed by atoms with Crippen LogP contribution in [-0.4, -0.2) is 19.1 Å². The number of rotatable bonds is 5. The van der Waals surface area contributed by atoms with E-state index in [9.17, 15) is 0 Å². The van der Waals surface area contributed by atoms with E-state index in [1.165, 1.54) is 41.1 Å². The first kappa shape index (κ1) is 14.0. The van der Waals surface area contributed by atoms with Gasteiger partial charge in [0.1, 0.15) is 0 Å². The Morgan fingerprint density at radius 1 is 1.44 bits per heavy atom. The van der Waals surface area contributed by atoms with E-state index in [4.69, 9.17) is 0 Å². The molecule has 2 N–H and O–H groups in total. The van der Waals surface area contributed by atoms with Crippen molar-refractivity contribution in [1.82, 2.24) is 10.6 Å². The van der Waals surface area contributed by atoms with Gasteiger partial charge in [0.05, 0.1) is 0 Å². The van der Waals surface area contributed by atoms with Gasteiger partial charge < -0.3 is 10.6 Å². The highest BCUT2D eigenvalue weighted by atomic mass is 32.1. The van der Waals surface area contributed by atoms with Gasteiger partial charge in [-0.3, -0.25) is 0 Å². The van der Waals surface area contributed by atoms with Crippen molar-refractivity contribution in [1.29, 1.82) is 0 Å². The Balaban J connectivity index is 1.71. The van der Waals surface area contributed by atoms with Crippen LogP contribution >= 0.6 is 11.3 Å². The lowest BCUT2D eigenvalue weighted by Crippen LogP contribution is -2.44. The maximum atomic E-state index is 3.63. The van der Waals surface area contributed by atoms with Crippen molar-refractivity contribution >= 4 is 11.3 Å². The fourth-order valence-electron chi connectivity index (χ4n) is 2.73. The Bertz CT molecular complexity index is 353. The van der Waals surface area contributed by atoms with Crippen molar-refractivity contribution in [2.75, 3.05) is 13.1 Å². The first-order chi connectivity index (χ1) is 8.69. The Morgan fingerprint density at radius 3 is 2.94 bits per heavy atom. The van der Waals surface area contributed by atoms with E-state index < -0.39 is 0 Å². The molecule has 1 fully saturated rings. The smallest absolute Gasteiger partial charge is 0.0300 e. The highest BCUT2D eigenvalue weighted by Gasteiger charge is 2.19. The summed E-state index contributed by atoms with van der Waals surface area (Å²) >= 11 is 1.92. The van der Waals surface area contributed by atoms with Crippen molar-refractivity contribution < 1.29 is 0 Å². The molecule has 0 amide bonds. The summed E-state index contributed by atoms with van der Waals surface area (Å²) in [5.74, 6) is 0.935. The summed E-state index contributed by atoms with van der Waals surface area (Å²) in [6, 6.07) is 2.99. The average Bonchev–Trinajstić information content (AvgIpc) is 2.69. The maximum Gasteiger partial charge on any atom is 0.0300 e. The van der Waals surface area contributed by atoms with E-state index in [1.807, 2.05) is 11.3 Å². The monoisotopic (exact) mass is 266 g/mol. The Labute approximate surface area is 115 Å². The minimum atomic E-state index is 0.672. The predicted octanol–water partition coefficient (Wildman–Crippen LogP) is 3.23. The largest absolute Gasteiger partial charge is 0.313 e. The van der Waals surface area contributed by atoms with E-state index in [-0.39, 0.29) is 0 Å². The second-order valence-electron chi connectivity index (χ2n) is 5.53. The molecule has 2 unspecified atom stereocenters. The second kappa shape index (κ2) is 6.69. The zero-order chi connectivity index (χ0) is 13.0. The quantitative estimate of drug-likeness (QED) is 0.855. The molecule has 102 valence electrons. The zero-order valence-corrected chi connectivity index (χ0v) is 12.7. The molecule has 2 rings (SSSR count). The van der Waals surface area contributed by atoms with Crippen molar-refractivity contribution in [3.63, 3.8) is 0 Å². The molecule has 0 aliphatic carbocycles. The van der Waals surface area contributed by atoms with Crippen LogP contribution in [0.5, 0.6) is 0 Å². The van der Waals surface area contributed by atoms with E-state index >= 15 is 0 Å². The van der Waals surface area contributed by atoms with Crippen LogP contribution in [0, 0.1) is 19.8 Å². The van der Waals surface area contributed by atoms with Crippen molar-refractivity contribution in [2.24, 2.45) is 5.92 Å². The van der Waals surface area contributed by atoms with Crippen LogP contribution in [0.1, 0.15) is 41.5 Å². The number of hydrogen-bond acceptors (Lipinski definition) is 3. The summed E-state index contributed by atoms with van der Waals surface area (Å²) < 4.78 is 0. The third-order valence-corrected chi connectivity index (χ3v) is 5.24. The Kier molecular flexibility index (Phi) is 5.22. The summed E-state index contributed by atoms with van der Waals surface area (Å²) in [7, 11) is 0. The first-order valence-electron chi connectivity index (χ1n) is 7.19. The molecule has 0 spiro atoms. The minimum Gasteiger partial charge on any atom is -0.313 e. The Morgan fingerprint density at radius 2 is 2.28 bits per heavy atom. The van der Waals surface area contributed by atoms with Gasteiger partial charge in [0, 0.05) is 28.9 Å². The van der Waals surface area contributed by atoms with Gasteiger partial charge in [-0.25, -0.2) is 0 Å². The van der Waals surface area contributed by atoms with E-state index in [0.717, 1.165) is 19.0 Å². The topological polar surface area (TPSA) is 24.1 Å². The summed E-state index contributed by atoms with van der Waals surface area (Å²) in [6.45, 7) is 10.0. The molecule has 0 bridgehead atoms. The lowest BCUT2D eigenvalue weighted by atomic mass is 9.90. The molecular formula is C15H26N2S. The molecule has 2 heterocycles. The predicted molar refractivity (Wildman–Crippen MR) is 80.3 cm³/mol. The van der Waals surface area contributed by atoms with Gasteiger partial charge in [-0.1, -0.05) is 13.3 Å². The van der Waals surface area contributed by atoms with Crippen LogP contribution in [0.2, 0.25) is 0 Å². The number of hydrogen-bond donors (Lipinski definition) is 2. The molecular weight excluding hydrogens is 240 g/mol. The van der Waals surface area contributed by atoms with Gasteiger partial charge in [0.25, 0.3) is 0 Å². The van der Waals surface area contributed by atoms with Gasteiger partial charge in [-0.05, 0) is 50.8 Å². The molecule has 0 aromatic carbocycles. The summed E-state index contributed by atoms with van der Waals surface area (Å²) in [4.78, 5) is 2.92. The molecule has 1 aromatic heterocycles. The molecule has 2 atom stereocenters. The standard InChI is InChI=1S/C15H26N2S/c1-4-13-5-6-17-14(8-13)9-16-10-15-7-11(2)12(3)18-15/h7,13-14,16-17H,4-6,8-10H2,1-3H3. The highest BCUT2D eigenvalue weighted by molar-refractivity contribution is 7.12. The minimum absolute atomic E-state index is 0.672. The molecule has 18 heavy (non-hydrogen) atoms.